The number of carbonyl (C=O) groups excluding carboxylic acids is 1. The molecule has 1 aromatic carbocycles. The van der Waals surface area contributed by atoms with Crippen molar-refractivity contribution in [2.45, 2.75) is 31.5 Å². The summed E-state index contributed by atoms with van der Waals surface area (Å²) in [5, 5.41) is 18.7. The van der Waals surface area contributed by atoms with Crippen LogP contribution in [-0.4, -0.2) is 64.2 Å². The fraction of sp³-hybridized carbons (Fsp3) is 0.350. The van der Waals surface area contributed by atoms with Crippen molar-refractivity contribution in [3.63, 3.8) is 0 Å². The first-order valence-corrected chi connectivity index (χ1v) is 9.97. The van der Waals surface area contributed by atoms with Gasteiger partial charge in [-0.05, 0) is 50.2 Å². The molecule has 1 unspecified atom stereocenters. The van der Waals surface area contributed by atoms with Crippen LogP contribution in [0.2, 0.25) is 0 Å². The Morgan fingerprint density at radius 3 is 2.79 bits per heavy atom. The molecule has 7 nitrogen and oxygen atoms in total. The van der Waals surface area contributed by atoms with Crippen LogP contribution in [0, 0.1) is 6.92 Å². The van der Waals surface area contributed by atoms with Crippen LogP contribution in [-0.2, 0) is 4.79 Å². The molecule has 0 aliphatic carbocycles. The third-order valence-corrected chi connectivity index (χ3v) is 6.68. The van der Waals surface area contributed by atoms with Crippen molar-refractivity contribution in [1.29, 1.82) is 0 Å². The van der Waals surface area contributed by atoms with E-state index in [4.69, 9.17) is 9.90 Å². The van der Waals surface area contributed by atoms with Gasteiger partial charge in [-0.3, -0.25) is 19.6 Å². The number of Topliss-reactive ketones (excluding diaryl/α,β-unsaturated/α-hetero) is 1. The Morgan fingerprint density at radius 1 is 1.36 bits per heavy atom. The molecule has 0 spiro atoms. The van der Waals surface area contributed by atoms with Crippen LogP contribution in [0.25, 0.3) is 21.3 Å². The minimum absolute atomic E-state index is 0.113. The summed E-state index contributed by atoms with van der Waals surface area (Å²) in [7, 11) is 2.06. The summed E-state index contributed by atoms with van der Waals surface area (Å²) in [6, 6.07) is 11.1. The van der Waals surface area contributed by atoms with Gasteiger partial charge in [-0.25, -0.2) is 0 Å². The van der Waals surface area contributed by atoms with Crippen molar-refractivity contribution in [2.75, 3.05) is 13.6 Å². The van der Waals surface area contributed by atoms with Gasteiger partial charge in [0, 0.05) is 33.8 Å². The number of piperazine rings is 1. The number of aromatic amines is 1. The van der Waals surface area contributed by atoms with E-state index >= 15 is 0 Å². The average Bonchev–Trinajstić information content (AvgIpc) is 3.44. The predicted octanol–water partition coefficient (Wildman–Crippen LogP) is 2.53. The number of likely N-dealkylation sites (N-methyl/N-ethyl adjacent to an activating group) is 1. The Labute approximate surface area is 166 Å². The van der Waals surface area contributed by atoms with Crippen LogP contribution in [0.15, 0.2) is 30.3 Å². The molecule has 2 saturated heterocycles. The molecule has 2 bridgehead atoms. The van der Waals surface area contributed by atoms with Crippen LogP contribution < -0.4 is 5.32 Å². The molecule has 146 valence electrons. The van der Waals surface area contributed by atoms with Gasteiger partial charge in [0.2, 0.25) is 5.78 Å². The molecule has 2 aliphatic rings. The quantitative estimate of drug-likeness (QED) is 0.463. The van der Waals surface area contributed by atoms with Gasteiger partial charge in [0.25, 0.3) is 6.47 Å². The number of aryl methyl sites for hydroxylation is 1. The fourth-order valence-corrected chi connectivity index (χ4v) is 5.13. The highest BCUT2D eigenvalue weighted by atomic mass is 32.1. The van der Waals surface area contributed by atoms with E-state index in [1.54, 1.807) is 11.3 Å². The van der Waals surface area contributed by atoms with Gasteiger partial charge >= 0.3 is 0 Å². The van der Waals surface area contributed by atoms with E-state index in [2.05, 4.69) is 58.7 Å². The van der Waals surface area contributed by atoms with E-state index in [9.17, 15) is 4.79 Å². The molecule has 3 atom stereocenters. The molecule has 5 rings (SSSR count). The van der Waals surface area contributed by atoms with Gasteiger partial charge in [-0.15, -0.1) is 11.3 Å². The molecule has 0 radical (unpaired) electrons. The molecule has 0 amide bonds. The van der Waals surface area contributed by atoms with E-state index in [1.807, 2.05) is 6.07 Å². The standard InChI is InChI=1S/C19H20N4OS.CH2O2/c1-10-3-6-16(25-10)11-4-5-14-13(7-11)17(22-21-14)19(24)18-15-8-12(9-20-15)23(18)2;2-1-3/h3-7,12,15,18,20H,8-9H2,1-2H3,(H,21,22);1H,(H,2,3)/t12-,15+,18?;/m1./s1. The van der Waals surface area contributed by atoms with Gasteiger partial charge in [-0.1, -0.05) is 6.07 Å². The van der Waals surface area contributed by atoms with E-state index in [0.29, 0.717) is 11.7 Å². The number of likely N-dealkylation sites (tertiary alicyclic amines) is 1. The van der Waals surface area contributed by atoms with E-state index < -0.39 is 0 Å². The van der Waals surface area contributed by atoms with Crippen LogP contribution in [0.4, 0.5) is 0 Å². The number of H-pyrrole nitrogens is 1. The zero-order valence-electron chi connectivity index (χ0n) is 15.7. The number of benzene rings is 1. The fourth-order valence-electron chi connectivity index (χ4n) is 4.26. The molecule has 3 N–H and O–H groups in total. The number of carboxylic acid groups (broad SMARTS) is 1. The Bertz CT molecular complexity index is 1030. The second-order valence-electron chi connectivity index (χ2n) is 7.23. The minimum Gasteiger partial charge on any atom is -0.483 e. The number of ketones is 1. The van der Waals surface area contributed by atoms with Gasteiger partial charge in [-0.2, -0.15) is 5.10 Å². The average molecular weight is 398 g/mol. The summed E-state index contributed by atoms with van der Waals surface area (Å²) in [4.78, 5) is 26.3. The highest BCUT2D eigenvalue weighted by Gasteiger charge is 2.48. The molecular weight excluding hydrogens is 376 g/mol. The van der Waals surface area contributed by atoms with Gasteiger partial charge in [0.05, 0.1) is 11.6 Å². The van der Waals surface area contributed by atoms with Gasteiger partial charge in [0.15, 0.2) is 0 Å². The third kappa shape index (κ3) is 3.13. The second-order valence-corrected chi connectivity index (χ2v) is 8.52. The molecule has 2 aliphatic heterocycles. The molecule has 0 saturated carbocycles. The van der Waals surface area contributed by atoms with E-state index in [1.165, 1.54) is 9.75 Å². The lowest BCUT2D eigenvalue weighted by Crippen LogP contribution is -2.53. The highest BCUT2D eigenvalue weighted by molar-refractivity contribution is 7.15. The van der Waals surface area contributed by atoms with Crippen LogP contribution >= 0.6 is 11.3 Å². The second kappa shape index (κ2) is 7.46. The normalized spacial score (nSPS) is 23.6. The Hall–Kier alpha value is -2.55. The molecule has 2 fully saturated rings. The monoisotopic (exact) mass is 398 g/mol. The number of carbonyl (C=O) groups is 2. The lowest BCUT2D eigenvalue weighted by atomic mass is 10.00. The lowest BCUT2D eigenvalue weighted by molar-refractivity contribution is -0.122. The van der Waals surface area contributed by atoms with Gasteiger partial charge < -0.3 is 10.4 Å². The zero-order chi connectivity index (χ0) is 19.8. The SMILES string of the molecule is Cc1ccc(-c2ccc3[nH]nc(C(=O)C4[C@@H]5C[C@H](CN5)N4C)c3c2)s1.O=CO. The predicted molar refractivity (Wildman–Crippen MR) is 109 cm³/mol. The Kier molecular flexibility index (Phi) is 5.01. The number of thiophene rings is 1. The largest absolute Gasteiger partial charge is 0.483 e. The van der Waals surface area contributed by atoms with Crippen molar-refractivity contribution >= 4 is 34.5 Å². The number of rotatable bonds is 3. The third-order valence-electron chi connectivity index (χ3n) is 5.63. The smallest absolute Gasteiger partial charge is 0.290 e. The topological polar surface area (TPSA) is 98.3 Å². The molecule has 4 heterocycles. The number of hydrogen-bond donors (Lipinski definition) is 3. The number of hydrogen-bond acceptors (Lipinski definition) is 6. The van der Waals surface area contributed by atoms with Crippen molar-refractivity contribution in [3.8, 4) is 10.4 Å². The Balaban J connectivity index is 0.000000604. The number of aromatic nitrogens is 2. The van der Waals surface area contributed by atoms with Crippen molar-refractivity contribution < 1.29 is 14.7 Å². The zero-order valence-corrected chi connectivity index (χ0v) is 16.5. The first-order chi connectivity index (χ1) is 13.5. The molecule has 3 aromatic rings. The first-order valence-electron chi connectivity index (χ1n) is 9.15. The van der Waals surface area contributed by atoms with Crippen molar-refractivity contribution in [3.05, 3.63) is 40.9 Å². The Morgan fingerprint density at radius 2 is 2.14 bits per heavy atom. The summed E-state index contributed by atoms with van der Waals surface area (Å²) in [5.74, 6) is 0.118. The molecule has 8 heteroatoms. The maximum absolute atomic E-state index is 13.2. The van der Waals surface area contributed by atoms with E-state index in [0.717, 1.165) is 29.4 Å². The first kappa shape index (κ1) is 18.8. The number of nitrogens with one attached hydrogen (secondary N) is 2. The highest BCUT2D eigenvalue weighted by Crippen LogP contribution is 2.33. The van der Waals surface area contributed by atoms with Crippen LogP contribution in [0.3, 0.4) is 0 Å². The van der Waals surface area contributed by atoms with E-state index in [-0.39, 0.29) is 24.3 Å². The van der Waals surface area contributed by atoms with Crippen LogP contribution in [0.5, 0.6) is 0 Å². The summed E-state index contributed by atoms with van der Waals surface area (Å²) in [6.07, 6.45) is 1.05. The lowest BCUT2D eigenvalue weighted by Gasteiger charge is -2.30. The summed E-state index contributed by atoms with van der Waals surface area (Å²) < 4.78 is 0. The maximum atomic E-state index is 13.2. The molecule has 28 heavy (non-hydrogen) atoms. The summed E-state index contributed by atoms with van der Waals surface area (Å²) in [5.41, 5.74) is 2.62. The van der Waals surface area contributed by atoms with Crippen LogP contribution in [0.1, 0.15) is 21.8 Å². The van der Waals surface area contributed by atoms with Crippen molar-refractivity contribution in [1.82, 2.24) is 20.4 Å². The van der Waals surface area contributed by atoms with Crippen molar-refractivity contribution in [2.24, 2.45) is 0 Å². The minimum atomic E-state index is -0.250. The summed E-state index contributed by atoms with van der Waals surface area (Å²) in [6.45, 7) is 2.84. The molecule has 2 aromatic heterocycles. The maximum Gasteiger partial charge on any atom is 0.290 e. The molecular formula is C20H22N4O3S. The summed E-state index contributed by atoms with van der Waals surface area (Å²) >= 11 is 1.77. The number of nitrogens with zero attached hydrogens (tertiary/aromatic N) is 2. The number of fused-ring (bicyclic) bond motifs is 3. The van der Waals surface area contributed by atoms with Gasteiger partial charge in [0.1, 0.15) is 5.69 Å².